The van der Waals surface area contributed by atoms with Crippen LogP contribution in [0.15, 0.2) is 60.7 Å². The van der Waals surface area contributed by atoms with Gasteiger partial charge in [0.15, 0.2) is 5.78 Å². The van der Waals surface area contributed by atoms with Crippen molar-refractivity contribution in [1.82, 2.24) is 4.98 Å². The number of carbonyl (C=O) groups is 1. The smallest absolute Gasteiger partial charge is 0.188 e. The number of pyridine rings is 1. The molecular formula is C21H16ClNO3. The lowest BCUT2D eigenvalue weighted by Crippen LogP contribution is -2.03. The van der Waals surface area contributed by atoms with Gasteiger partial charge >= 0.3 is 0 Å². The minimum absolute atomic E-state index is 0.181. The molecule has 0 saturated carbocycles. The molecule has 1 fully saturated rings. The zero-order valence-electron chi connectivity index (χ0n) is 13.9. The molecule has 5 heteroatoms. The van der Waals surface area contributed by atoms with Crippen molar-refractivity contribution >= 4 is 34.4 Å². The molecule has 1 aliphatic rings. The van der Waals surface area contributed by atoms with E-state index in [1.54, 1.807) is 12.1 Å². The van der Waals surface area contributed by atoms with Gasteiger partial charge in [0.2, 0.25) is 0 Å². The summed E-state index contributed by atoms with van der Waals surface area (Å²) in [6.07, 6.45) is 3.49. The van der Waals surface area contributed by atoms with Crippen LogP contribution < -0.4 is 4.74 Å². The van der Waals surface area contributed by atoms with Crippen molar-refractivity contribution in [2.24, 2.45) is 0 Å². The van der Waals surface area contributed by atoms with Gasteiger partial charge in [-0.25, -0.2) is 4.98 Å². The van der Waals surface area contributed by atoms with E-state index >= 15 is 0 Å². The monoisotopic (exact) mass is 365 g/mol. The van der Waals surface area contributed by atoms with Gasteiger partial charge in [0, 0.05) is 5.39 Å². The number of ketones is 1. The summed E-state index contributed by atoms with van der Waals surface area (Å²) in [4.78, 5) is 16.8. The highest BCUT2D eigenvalue weighted by molar-refractivity contribution is 6.34. The molecule has 26 heavy (non-hydrogen) atoms. The molecule has 1 atom stereocenters. The standard InChI is InChI=1S/C21H16ClNO3/c22-21-18(11-15-3-1-2-4-19(15)23-21)20(24)10-7-14-5-8-16(9-6-14)25-12-17-13-26-17/h1-11,17H,12-13H2. The predicted molar refractivity (Wildman–Crippen MR) is 102 cm³/mol. The first-order chi connectivity index (χ1) is 12.7. The fraction of sp³-hybridized carbons (Fsp3) is 0.143. The number of rotatable bonds is 6. The lowest BCUT2D eigenvalue weighted by molar-refractivity contribution is 0.104. The summed E-state index contributed by atoms with van der Waals surface area (Å²) < 4.78 is 10.7. The minimum atomic E-state index is -0.181. The molecule has 4 rings (SSSR count). The van der Waals surface area contributed by atoms with Crippen molar-refractivity contribution in [3.05, 3.63) is 77.0 Å². The van der Waals surface area contributed by atoms with Gasteiger partial charge in [-0.05, 0) is 35.9 Å². The first kappa shape index (κ1) is 16.8. The maximum absolute atomic E-state index is 12.5. The topological polar surface area (TPSA) is 51.7 Å². The number of nitrogens with zero attached hydrogens (tertiary/aromatic N) is 1. The lowest BCUT2D eigenvalue weighted by atomic mass is 10.1. The zero-order chi connectivity index (χ0) is 17.9. The molecule has 0 aliphatic carbocycles. The Bertz CT molecular complexity index is 978. The van der Waals surface area contributed by atoms with Crippen molar-refractivity contribution < 1.29 is 14.3 Å². The quantitative estimate of drug-likeness (QED) is 0.278. The Hall–Kier alpha value is -2.69. The lowest BCUT2D eigenvalue weighted by Gasteiger charge is -2.04. The van der Waals surface area contributed by atoms with E-state index in [0.717, 1.165) is 28.8 Å². The van der Waals surface area contributed by atoms with E-state index in [0.29, 0.717) is 12.2 Å². The van der Waals surface area contributed by atoms with E-state index < -0.39 is 0 Å². The van der Waals surface area contributed by atoms with Gasteiger partial charge in [0.05, 0.1) is 17.7 Å². The molecular weight excluding hydrogens is 350 g/mol. The normalized spacial score (nSPS) is 16.1. The highest BCUT2D eigenvalue weighted by Crippen LogP contribution is 2.22. The maximum Gasteiger partial charge on any atom is 0.188 e. The number of fused-ring (bicyclic) bond motifs is 1. The van der Waals surface area contributed by atoms with E-state index in [1.165, 1.54) is 6.08 Å². The predicted octanol–water partition coefficient (Wildman–Crippen LogP) is 4.56. The van der Waals surface area contributed by atoms with E-state index in [9.17, 15) is 4.79 Å². The number of hydrogen-bond donors (Lipinski definition) is 0. The van der Waals surface area contributed by atoms with E-state index in [4.69, 9.17) is 21.1 Å². The second-order valence-corrected chi connectivity index (χ2v) is 6.41. The molecule has 0 bridgehead atoms. The van der Waals surface area contributed by atoms with Crippen molar-refractivity contribution in [2.45, 2.75) is 6.10 Å². The van der Waals surface area contributed by atoms with Gasteiger partial charge in [0.25, 0.3) is 0 Å². The Kier molecular flexibility index (Phi) is 4.69. The van der Waals surface area contributed by atoms with Crippen LogP contribution in [0.5, 0.6) is 5.75 Å². The van der Waals surface area contributed by atoms with Crippen molar-refractivity contribution in [3.63, 3.8) is 0 Å². The van der Waals surface area contributed by atoms with Crippen LogP contribution in [-0.2, 0) is 4.74 Å². The summed E-state index contributed by atoms with van der Waals surface area (Å²) in [5.74, 6) is 0.602. The molecule has 2 aromatic carbocycles. The molecule has 1 aliphatic heterocycles. The maximum atomic E-state index is 12.5. The SMILES string of the molecule is O=C(C=Cc1ccc(OCC2CO2)cc1)c1cc2ccccc2nc1Cl. The molecule has 4 nitrogen and oxygen atoms in total. The number of benzene rings is 2. The summed E-state index contributed by atoms with van der Waals surface area (Å²) in [6.45, 7) is 1.34. The second kappa shape index (κ2) is 7.28. The summed E-state index contributed by atoms with van der Waals surface area (Å²) in [5.41, 5.74) is 2.06. The van der Waals surface area contributed by atoms with Gasteiger partial charge in [-0.1, -0.05) is 48.0 Å². The molecule has 2 heterocycles. The van der Waals surface area contributed by atoms with Crippen LogP contribution in [0.3, 0.4) is 0 Å². The third-order valence-corrected chi connectivity index (χ3v) is 4.38. The first-order valence-corrected chi connectivity index (χ1v) is 8.69. The third kappa shape index (κ3) is 3.93. The fourth-order valence-corrected chi connectivity index (χ4v) is 2.79. The molecule has 0 radical (unpaired) electrons. The third-order valence-electron chi connectivity index (χ3n) is 4.09. The Morgan fingerprint density at radius 1 is 1.23 bits per heavy atom. The molecule has 1 unspecified atom stereocenters. The van der Waals surface area contributed by atoms with Crippen LogP contribution >= 0.6 is 11.6 Å². The molecule has 3 aromatic rings. The average molecular weight is 366 g/mol. The van der Waals surface area contributed by atoms with Crippen LogP contribution in [0.1, 0.15) is 15.9 Å². The van der Waals surface area contributed by atoms with Gasteiger partial charge in [0.1, 0.15) is 23.6 Å². The van der Waals surface area contributed by atoms with Crippen LogP contribution in [0.25, 0.3) is 17.0 Å². The number of ether oxygens (including phenoxy) is 2. The first-order valence-electron chi connectivity index (χ1n) is 8.31. The minimum Gasteiger partial charge on any atom is -0.491 e. The highest BCUT2D eigenvalue weighted by Gasteiger charge is 2.22. The van der Waals surface area contributed by atoms with Crippen LogP contribution in [0.4, 0.5) is 0 Å². The van der Waals surface area contributed by atoms with Crippen LogP contribution in [0.2, 0.25) is 5.15 Å². The number of para-hydroxylation sites is 1. The van der Waals surface area contributed by atoms with Gasteiger partial charge in [-0.15, -0.1) is 0 Å². The summed E-state index contributed by atoms with van der Waals surface area (Å²) in [5, 5.41) is 1.10. The zero-order valence-corrected chi connectivity index (χ0v) is 14.6. The molecule has 0 spiro atoms. The Labute approximate surface area is 156 Å². The van der Waals surface area contributed by atoms with Crippen molar-refractivity contribution in [3.8, 4) is 5.75 Å². The second-order valence-electron chi connectivity index (χ2n) is 6.05. The van der Waals surface area contributed by atoms with E-state index in [-0.39, 0.29) is 17.0 Å². The van der Waals surface area contributed by atoms with Crippen molar-refractivity contribution in [2.75, 3.05) is 13.2 Å². The molecule has 0 amide bonds. The Balaban J connectivity index is 1.47. The number of carbonyl (C=O) groups excluding carboxylic acids is 1. The molecule has 1 aromatic heterocycles. The number of allylic oxidation sites excluding steroid dienone is 1. The number of epoxide rings is 1. The van der Waals surface area contributed by atoms with Crippen LogP contribution in [-0.4, -0.2) is 30.1 Å². The molecule has 0 N–H and O–H groups in total. The van der Waals surface area contributed by atoms with Gasteiger partial charge in [-0.2, -0.15) is 0 Å². The Morgan fingerprint density at radius 3 is 2.77 bits per heavy atom. The summed E-state index contributed by atoms with van der Waals surface area (Å²) in [6, 6.07) is 16.9. The van der Waals surface area contributed by atoms with Crippen molar-refractivity contribution in [1.29, 1.82) is 0 Å². The number of halogens is 1. The molecule has 1 saturated heterocycles. The largest absolute Gasteiger partial charge is 0.491 e. The average Bonchev–Trinajstić information content (AvgIpc) is 3.49. The fourth-order valence-electron chi connectivity index (χ4n) is 2.56. The number of aromatic nitrogens is 1. The van der Waals surface area contributed by atoms with E-state index in [2.05, 4.69) is 4.98 Å². The highest BCUT2D eigenvalue weighted by atomic mass is 35.5. The van der Waals surface area contributed by atoms with Gasteiger partial charge in [-0.3, -0.25) is 4.79 Å². The summed E-state index contributed by atoms with van der Waals surface area (Å²) in [7, 11) is 0. The number of hydrogen-bond acceptors (Lipinski definition) is 4. The van der Waals surface area contributed by atoms with E-state index in [1.807, 2.05) is 48.5 Å². The van der Waals surface area contributed by atoms with Gasteiger partial charge < -0.3 is 9.47 Å². The summed E-state index contributed by atoms with van der Waals surface area (Å²) >= 11 is 6.17. The Morgan fingerprint density at radius 2 is 2.00 bits per heavy atom. The molecule has 130 valence electrons. The van der Waals surface area contributed by atoms with Crippen LogP contribution in [0, 0.1) is 0 Å².